The lowest BCUT2D eigenvalue weighted by atomic mass is 9.99. The number of rotatable bonds is 11. The number of nitriles is 1. The Kier molecular flexibility index (Phi) is 9.52. The Morgan fingerprint density at radius 3 is 2.17 bits per heavy atom. The molecule has 0 fully saturated rings. The van der Waals surface area contributed by atoms with Gasteiger partial charge in [0.2, 0.25) is 5.91 Å². The van der Waals surface area contributed by atoms with Crippen molar-refractivity contribution >= 4 is 17.5 Å². The van der Waals surface area contributed by atoms with Crippen LogP contribution in [0.25, 0.3) is 11.1 Å². The maximum Gasteiger partial charge on any atom is 0.251 e. The molecule has 0 radical (unpaired) electrons. The van der Waals surface area contributed by atoms with Crippen molar-refractivity contribution in [3.05, 3.63) is 119 Å². The summed E-state index contributed by atoms with van der Waals surface area (Å²) in [6.07, 6.45) is 0.336. The van der Waals surface area contributed by atoms with Crippen LogP contribution in [-0.4, -0.2) is 38.1 Å². The van der Waals surface area contributed by atoms with Crippen molar-refractivity contribution in [3.8, 4) is 22.9 Å². The van der Waals surface area contributed by atoms with Crippen LogP contribution in [0.1, 0.15) is 27.0 Å². The van der Waals surface area contributed by atoms with E-state index in [9.17, 15) is 9.59 Å². The van der Waals surface area contributed by atoms with Crippen LogP contribution in [0.15, 0.2) is 97.1 Å². The Morgan fingerprint density at radius 2 is 1.55 bits per heavy atom. The number of carbonyl (C=O) groups is 2. The third kappa shape index (κ3) is 7.71. The average Bonchev–Trinajstić information content (AvgIpc) is 2.99. The van der Waals surface area contributed by atoms with Gasteiger partial charge >= 0.3 is 0 Å². The Morgan fingerprint density at radius 1 is 0.875 bits per heavy atom. The number of methoxy groups -OCH3 is 1. The summed E-state index contributed by atoms with van der Waals surface area (Å²) in [4.78, 5) is 26.3. The highest BCUT2D eigenvalue weighted by atomic mass is 16.5. The van der Waals surface area contributed by atoms with Crippen molar-refractivity contribution in [2.45, 2.75) is 19.4 Å². The normalized spacial score (nSPS) is 11.1. The van der Waals surface area contributed by atoms with E-state index in [1.807, 2.05) is 79.7 Å². The van der Waals surface area contributed by atoms with E-state index < -0.39 is 6.04 Å². The number of nitrogens with zero attached hydrogens (tertiary/aromatic N) is 1. The first-order chi connectivity index (χ1) is 19.4. The largest absolute Gasteiger partial charge is 0.497 e. The summed E-state index contributed by atoms with van der Waals surface area (Å²) in [5, 5.41) is 18.2. The van der Waals surface area contributed by atoms with Crippen molar-refractivity contribution in [1.29, 1.82) is 5.26 Å². The minimum Gasteiger partial charge on any atom is -0.497 e. The first-order valence-electron chi connectivity index (χ1n) is 13.1. The molecule has 0 aliphatic rings. The molecule has 202 valence electrons. The lowest BCUT2D eigenvalue weighted by Crippen LogP contribution is -2.48. The molecule has 0 aromatic heterocycles. The van der Waals surface area contributed by atoms with Gasteiger partial charge in [0.25, 0.3) is 5.91 Å². The van der Waals surface area contributed by atoms with Crippen LogP contribution in [0.4, 0.5) is 5.69 Å². The molecule has 0 heterocycles. The molecule has 1 unspecified atom stereocenters. The number of benzene rings is 4. The Bertz CT molecular complexity index is 1470. The van der Waals surface area contributed by atoms with Gasteiger partial charge in [0, 0.05) is 30.8 Å². The molecule has 0 saturated carbocycles. The first kappa shape index (κ1) is 27.9. The fraction of sp³-hybridized carbons (Fsp3) is 0.182. The van der Waals surface area contributed by atoms with E-state index >= 15 is 0 Å². The third-order valence-corrected chi connectivity index (χ3v) is 6.49. The van der Waals surface area contributed by atoms with E-state index in [2.05, 4.69) is 22.0 Å². The van der Waals surface area contributed by atoms with Crippen molar-refractivity contribution < 1.29 is 14.3 Å². The van der Waals surface area contributed by atoms with Gasteiger partial charge in [-0.2, -0.15) is 5.26 Å². The van der Waals surface area contributed by atoms with Crippen LogP contribution in [0.2, 0.25) is 0 Å². The zero-order valence-electron chi connectivity index (χ0n) is 22.6. The zero-order valence-corrected chi connectivity index (χ0v) is 22.6. The molecule has 4 aromatic rings. The lowest BCUT2D eigenvalue weighted by molar-refractivity contribution is -0.122. The summed E-state index contributed by atoms with van der Waals surface area (Å²) in [6, 6.07) is 31.5. The SMILES string of the molecule is COc1ccc(NCCNC(=O)C(Cc2ccc(-c3ccc(C#N)cc3)cc2)NC(=O)c2cccc(C)c2)cc1. The van der Waals surface area contributed by atoms with E-state index in [-0.39, 0.29) is 11.8 Å². The summed E-state index contributed by atoms with van der Waals surface area (Å²) in [5.41, 5.74) is 5.92. The quantitative estimate of drug-likeness (QED) is 0.233. The number of hydrogen-bond acceptors (Lipinski definition) is 5. The first-order valence-corrected chi connectivity index (χ1v) is 13.1. The van der Waals surface area contributed by atoms with Crippen LogP contribution < -0.4 is 20.7 Å². The number of hydrogen-bond donors (Lipinski definition) is 3. The fourth-order valence-corrected chi connectivity index (χ4v) is 4.27. The van der Waals surface area contributed by atoms with E-state index in [1.54, 1.807) is 31.4 Å². The number of ether oxygens (including phenoxy) is 1. The summed E-state index contributed by atoms with van der Waals surface area (Å²) >= 11 is 0. The zero-order chi connectivity index (χ0) is 28.3. The summed E-state index contributed by atoms with van der Waals surface area (Å²) in [6.45, 7) is 2.83. The predicted octanol–water partition coefficient (Wildman–Crippen LogP) is 5.11. The standard InChI is InChI=1S/C33H32N4O3/c1-23-4-3-5-28(20-23)32(38)37-31(33(39)36-19-18-35-29-14-16-30(40-2)17-15-29)21-24-6-10-26(11-7-24)27-12-8-25(22-34)9-13-27/h3-17,20,31,35H,18-19,21H2,1-2H3,(H,36,39)(H,37,38). The van der Waals surface area contributed by atoms with Crippen molar-refractivity contribution in [2.75, 3.05) is 25.5 Å². The molecule has 0 saturated heterocycles. The van der Waals surface area contributed by atoms with Crippen molar-refractivity contribution in [2.24, 2.45) is 0 Å². The number of aryl methyl sites for hydroxylation is 1. The molecular weight excluding hydrogens is 500 g/mol. The van der Waals surface area contributed by atoms with Gasteiger partial charge in [0.05, 0.1) is 18.7 Å². The van der Waals surface area contributed by atoms with E-state index in [0.29, 0.717) is 30.6 Å². The average molecular weight is 533 g/mol. The second-order valence-electron chi connectivity index (χ2n) is 9.43. The van der Waals surface area contributed by atoms with Gasteiger partial charge in [-0.15, -0.1) is 0 Å². The molecule has 7 heteroatoms. The predicted molar refractivity (Wildman–Crippen MR) is 157 cm³/mol. The second kappa shape index (κ2) is 13.6. The number of carbonyl (C=O) groups excluding carboxylic acids is 2. The van der Waals surface area contributed by atoms with Gasteiger partial charge in [-0.1, -0.05) is 54.1 Å². The molecule has 2 amide bonds. The van der Waals surface area contributed by atoms with Crippen LogP contribution in [0, 0.1) is 18.3 Å². The van der Waals surface area contributed by atoms with Crippen LogP contribution in [0.3, 0.4) is 0 Å². The maximum absolute atomic E-state index is 13.2. The number of anilines is 1. The van der Waals surface area contributed by atoms with Gasteiger partial charge in [-0.25, -0.2) is 0 Å². The van der Waals surface area contributed by atoms with Gasteiger partial charge in [0.1, 0.15) is 11.8 Å². The molecule has 0 bridgehead atoms. The fourth-order valence-electron chi connectivity index (χ4n) is 4.27. The Balaban J connectivity index is 1.42. The molecule has 3 N–H and O–H groups in total. The highest BCUT2D eigenvalue weighted by Gasteiger charge is 2.22. The van der Waals surface area contributed by atoms with Crippen LogP contribution in [0.5, 0.6) is 5.75 Å². The van der Waals surface area contributed by atoms with Gasteiger partial charge in [-0.05, 0) is 72.1 Å². The van der Waals surface area contributed by atoms with Crippen molar-refractivity contribution in [3.63, 3.8) is 0 Å². The molecule has 0 aliphatic carbocycles. The van der Waals surface area contributed by atoms with Gasteiger partial charge in [-0.3, -0.25) is 9.59 Å². The van der Waals surface area contributed by atoms with Crippen LogP contribution in [-0.2, 0) is 11.2 Å². The van der Waals surface area contributed by atoms with E-state index in [0.717, 1.165) is 33.7 Å². The summed E-state index contributed by atoms with van der Waals surface area (Å²) in [5.74, 6) is 0.221. The number of nitrogens with one attached hydrogen (secondary N) is 3. The Hall–Kier alpha value is -5.09. The van der Waals surface area contributed by atoms with Gasteiger partial charge < -0.3 is 20.7 Å². The summed E-state index contributed by atoms with van der Waals surface area (Å²) in [7, 11) is 1.62. The molecule has 40 heavy (non-hydrogen) atoms. The monoisotopic (exact) mass is 532 g/mol. The topological polar surface area (TPSA) is 103 Å². The molecule has 0 spiro atoms. The van der Waals surface area contributed by atoms with E-state index in [4.69, 9.17) is 10.00 Å². The second-order valence-corrected chi connectivity index (χ2v) is 9.43. The highest BCUT2D eigenvalue weighted by molar-refractivity contribution is 5.97. The minimum absolute atomic E-state index is 0.256. The lowest BCUT2D eigenvalue weighted by Gasteiger charge is -2.19. The van der Waals surface area contributed by atoms with Gasteiger partial charge in [0.15, 0.2) is 0 Å². The minimum atomic E-state index is -0.755. The molecule has 7 nitrogen and oxygen atoms in total. The Labute approximate surface area is 234 Å². The smallest absolute Gasteiger partial charge is 0.251 e. The molecule has 4 rings (SSSR count). The third-order valence-electron chi connectivity index (χ3n) is 6.49. The molecule has 4 aromatic carbocycles. The molecular formula is C33H32N4O3. The number of amides is 2. The maximum atomic E-state index is 13.2. The summed E-state index contributed by atoms with van der Waals surface area (Å²) < 4.78 is 5.18. The highest BCUT2D eigenvalue weighted by Crippen LogP contribution is 2.21. The van der Waals surface area contributed by atoms with Crippen molar-refractivity contribution in [1.82, 2.24) is 10.6 Å². The van der Waals surface area contributed by atoms with Crippen LogP contribution >= 0.6 is 0 Å². The van der Waals surface area contributed by atoms with E-state index in [1.165, 1.54) is 0 Å². The molecule has 0 aliphatic heterocycles. The molecule has 1 atom stereocenters.